The Kier molecular flexibility index (Phi) is 4.94. The molecule has 4 heteroatoms. The maximum Gasteiger partial charge on any atom is 0.0701 e. The molecule has 0 saturated heterocycles. The lowest BCUT2D eigenvalue weighted by molar-refractivity contribution is 0.569. The van der Waals surface area contributed by atoms with Gasteiger partial charge in [-0.3, -0.25) is 0 Å². The minimum Gasteiger partial charge on any atom is -0.330 e. The summed E-state index contributed by atoms with van der Waals surface area (Å²) in [6.07, 6.45) is 1.04. The second-order valence-corrected chi connectivity index (χ2v) is 5.45. The van der Waals surface area contributed by atoms with Crippen LogP contribution in [-0.2, 0) is 0 Å². The van der Waals surface area contributed by atoms with E-state index in [0.29, 0.717) is 6.04 Å². The van der Waals surface area contributed by atoms with Gasteiger partial charge in [-0.15, -0.1) is 11.3 Å². The molecular weight excluding hydrogens is 248 g/mol. The van der Waals surface area contributed by atoms with Gasteiger partial charge in [-0.2, -0.15) is 0 Å². The van der Waals surface area contributed by atoms with Crippen molar-refractivity contribution in [3.05, 3.63) is 20.8 Å². The molecule has 1 heterocycles. The van der Waals surface area contributed by atoms with Crippen molar-refractivity contribution in [3.63, 3.8) is 0 Å². The van der Waals surface area contributed by atoms with Crippen molar-refractivity contribution in [1.29, 1.82) is 0 Å². The van der Waals surface area contributed by atoms with Crippen molar-refractivity contribution in [3.8, 4) is 0 Å². The van der Waals surface area contributed by atoms with Gasteiger partial charge >= 0.3 is 0 Å². The van der Waals surface area contributed by atoms with E-state index in [0.717, 1.165) is 19.5 Å². The predicted molar refractivity (Wildman–Crippen MR) is 62.1 cm³/mol. The maximum absolute atomic E-state index is 5.41. The highest BCUT2D eigenvalue weighted by molar-refractivity contribution is 9.11. The number of halogens is 1. The summed E-state index contributed by atoms with van der Waals surface area (Å²) in [5.74, 6) is 0. The Morgan fingerprint density at radius 2 is 2.38 bits per heavy atom. The summed E-state index contributed by atoms with van der Waals surface area (Å²) < 4.78 is 1.19. The molecule has 1 rings (SSSR count). The summed E-state index contributed by atoms with van der Waals surface area (Å²) in [6, 6.07) is 4.67. The quantitative estimate of drug-likeness (QED) is 0.801. The van der Waals surface area contributed by atoms with Crippen LogP contribution in [0.2, 0.25) is 0 Å². The van der Waals surface area contributed by atoms with Crippen LogP contribution in [0.15, 0.2) is 15.9 Å². The molecule has 0 aliphatic rings. The van der Waals surface area contributed by atoms with Gasteiger partial charge in [0.1, 0.15) is 0 Å². The second kappa shape index (κ2) is 5.75. The van der Waals surface area contributed by atoms with E-state index >= 15 is 0 Å². The van der Waals surface area contributed by atoms with E-state index in [1.807, 2.05) is 0 Å². The van der Waals surface area contributed by atoms with Crippen molar-refractivity contribution in [2.75, 3.05) is 13.1 Å². The molecule has 0 radical (unpaired) electrons. The highest BCUT2D eigenvalue weighted by Gasteiger charge is 2.05. The lowest BCUT2D eigenvalue weighted by Gasteiger charge is -2.10. The Labute approximate surface area is 91.7 Å². The smallest absolute Gasteiger partial charge is 0.0701 e. The van der Waals surface area contributed by atoms with Crippen LogP contribution in [0.3, 0.4) is 0 Å². The molecule has 2 nitrogen and oxygen atoms in total. The molecule has 1 atom stereocenters. The van der Waals surface area contributed by atoms with E-state index < -0.39 is 0 Å². The lowest BCUT2D eigenvalue weighted by atomic mass is 10.2. The zero-order valence-corrected chi connectivity index (χ0v) is 10.1. The van der Waals surface area contributed by atoms with E-state index in [2.05, 4.69) is 40.3 Å². The second-order valence-electron chi connectivity index (χ2n) is 2.96. The van der Waals surface area contributed by atoms with Gasteiger partial charge in [0, 0.05) is 10.9 Å². The third-order valence-corrected chi connectivity index (χ3v) is 3.66. The number of hydrogen-bond donors (Lipinski definition) is 2. The van der Waals surface area contributed by atoms with Gasteiger partial charge in [0.05, 0.1) is 3.79 Å². The van der Waals surface area contributed by atoms with Crippen LogP contribution in [0.4, 0.5) is 0 Å². The molecule has 0 saturated carbocycles. The monoisotopic (exact) mass is 262 g/mol. The molecule has 1 unspecified atom stereocenters. The van der Waals surface area contributed by atoms with Gasteiger partial charge in [0.25, 0.3) is 0 Å². The zero-order valence-electron chi connectivity index (χ0n) is 7.72. The number of rotatable bonds is 5. The topological polar surface area (TPSA) is 38.0 Å². The number of nitrogens with two attached hydrogens (primary N) is 1. The van der Waals surface area contributed by atoms with E-state index in [-0.39, 0.29) is 0 Å². The Balaban J connectivity index is 2.35. The van der Waals surface area contributed by atoms with Gasteiger partial charge in [0.15, 0.2) is 0 Å². The van der Waals surface area contributed by atoms with Crippen LogP contribution in [0.1, 0.15) is 24.3 Å². The largest absolute Gasteiger partial charge is 0.330 e. The predicted octanol–water partition coefficient (Wildman–Crippen LogP) is 2.51. The van der Waals surface area contributed by atoms with E-state index in [9.17, 15) is 0 Å². The number of nitrogens with one attached hydrogen (secondary N) is 1. The highest BCUT2D eigenvalue weighted by Crippen LogP contribution is 2.26. The highest BCUT2D eigenvalue weighted by atomic mass is 79.9. The minimum atomic E-state index is 0.433. The fourth-order valence-corrected chi connectivity index (χ4v) is 2.53. The summed E-state index contributed by atoms with van der Waals surface area (Å²) in [5.41, 5.74) is 5.41. The molecule has 0 aliphatic carbocycles. The molecule has 13 heavy (non-hydrogen) atoms. The Hall–Kier alpha value is 0.1000. The number of hydrogen-bond acceptors (Lipinski definition) is 3. The van der Waals surface area contributed by atoms with Crippen LogP contribution in [0, 0.1) is 0 Å². The summed E-state index contributed by atoms with van der Waals surface area (Å²) in [7, 11) is 0. The van der Waals surface area contributed by atoms with Crippen molar-refractivity contribution in [1.82, 2.24) is 5.32 Å². The standard InChI is InChI=1S/C9H15BrN2S/c1-7(12-6-2-5-11)8-3-4-9(10)13-8/h3-4,7,12H,2,5-6,11H2,1H3. The summed E-state index contributed by atoms with van der Waals surface area (Å²) in [4.78, 5) is 1.36. The lowest BCUT2D eigenvalue weighted by Crippen LogP contribution is -2.21. The average Bonchev–Trinajstić information content (AvgIpc) is 2.52. The van der Waals surface area contributed by atoms with Crippen LogP contribution in [-0.4, -0.2) is 13.1 Å². The van der Waals surface area contributed by atoms with E-state index in [1.165, 1.54) is 8.66 Å². The van der Waals surface area contributed by atoms with Gasteiger partial charge in [-0.05, 0) is 54.5 Å². The Morgan fingerprint density at radius 1 is 1.62 bits per heavy atom. The normalized spacial score (nSPS) is 13.2. The Bertz CT molecular complexity index is 250. The molecule has 0 amide bonds. The molecule has 0 fully saturated rings. The number of thiophene rings is 1. The third-order valence-electron chi connectivity index (χ3n) is 1.85. The maximum atomic E-state index is 5.41. The van der Waals surface area contributed by atoms with Gasteiger partial charge in [-0.1, -0.05) is 0 Å². The van der Waals surface area contributed by atoms with Crippen molar-refractivity contribution < 1.29 is 0 Å². The fraction of sp³-hybridized carbons (Fsp3) is 0.556. The summed E-state index contributed by atoms with van der Waals surface area (Å²) in [6.45, 7) is 3.93. The van der Waals surface area contributed by atoms with Crippen LogP contribution < -0.4 is 11.1 Å². The molecule has 74 valence electrons. The van der Waals surface area contributed by atoms with Crippen molar-refractivity contribution in [2.45, 2.75) is 19.4 Å². The first-order valence-corrected chi connectivity index (χ1v) is 6.03. The van der Waals surface area contributed by atoms with Crippen LogP contribution in [0.25, 0.3) is 0 Å². The first-order chi connectivity index (χ1) is 6.24. The van der Waals surface area contributed by atoms with Gasteiger partial charge in [-0.25, -0.2) is 0 Å². The first-order valence-electron chi connectivity index (χ1n) is 4.42. The molecule has 0 aliphatic heterocycles. The molecule has 1 aromatic rings. The molecule has 0 aromatic carbocycles. The molecule has 1 aromatic heterocycles. The van der Waals surface area contributed by atoms with Crippen LogP contribution in [0.5, 0.6) is 0 Å². The van der Waals surface area contributed by atoms with Crippen molar-refractivity contribution >= 4 is 27.3 Å². The third kappa shape index (κ3) is 3.77. The zero-order chi connectivity index (χ0) is 9.68. The summed E-state index contributed by atoms with van der Waals surface area (Å²) in [5, 5.41) is 3.42. The average molecular weight is 263 g/mol. The van der Waals surface area contributed by atoms with E-state index in [1.54, 1.807) is 11.3 Å². The Morgan fingerprint density at radius 3 is 2.92 bits per heavy atom. The molecule has 3 N–H and O–H groups in total. The van der Waals surface area contributed by atoms with E-state index in [4.69, 9.17) is 5.73 Å². The fourth-order valence-electron chi connectivity index (χ4n) is 1.08. The van der Waals surface area contributed by atoms with Gasteiger partial charge in [0.2, 0.25) is 0 Å². The summed E-state index contributed by atoms with van der Waals surface area (Å²) >= 11 is 5.23. The SMILES string of the molecule is CC(NCCCN)c1ccc(Br)s1. The molecule has 0 bridgehead atoms. The van der Waals surface area contributed by atoms with Crippen molar-refractivity contribution in [2.24, 2.45) is 5.73 Å². The molecule has 0 spiro atoms. The minimum absolute atomic E-state index is 0.433. The first kappa shape index (κ1) is 11.2. The van der Waals surface area contributed by atoms with Crippen LogP contribution >= 0.6 is 27.3 Å². The van der Waals surface area contributed by atoms with Gasteiger partial charge < -0.3 is 11.1 Å². The molecular formula is C9H15BrN2S.